The molecule has 0 atom stereocenters. The number of nitrogen functional groups attached to an aromatic ring is 1. The van der Waals surface area contributed by atoms with E-state index in [1.807, 2.05) is 20.2 Å². The Morgan fingerprint density at radius 1 is 1.47 bits per heavy atom. The first kappa shape index (κ1) is 11.7. The summed E-state index contributed by atoms with van der Waals surface area (Å²) in [6.45, 7) is 2.57. The molecule has 2 heterocycles. The van der Waals surface area contributed by atoms with Crippen molar-refractivity contribution in [3.8, 4) is 0 Å². The lowest BCUT2D eigenvalue weighted by Gasteiger charge is -2.05. The van der Waals surface area contributed by atoms with Gasteiger partial charge in [0, 0.05) is 31.4 Å². The van der Waals surface area contributed by atoms with E-state index in [0.717, 1.165) is 11.3 Å². The minimum Gasteiger partial charge on any atom is -0.368 e. The molecule has 0 saturated carbocycles. The zero-order valence-electron chi connectivity index (χ0n) is 9.61. The third-order valence-corrected chi connectivity index (χ3v) is 2.48. The minimum atomic E-state index is 0.155. The van der Waals surface area contributed by atoms with E-state index in [4.69, 9.17) is 17.3 Å². The number of nitrogens with zero attached hydrogens (tertiary/aromatic N) is 4. The zero-order valence-corrected chi connectivity index (χ0v) is 10.4. The fourth-order valence-electron chi connectivity index (χ4n) is 1.53. The van der Waals surface area contributed by atoms with E-state index in [2.05, 4.69) is 20.4 Å². The van der Waals surface area contributed by atoms with Crippen molar-refractivity contribution >= 4 is 23.4 Å². The van der Waals surface area contributed by atoms with Crippen molar-refractivity contribution in [1.82, 2.24) is 19.7 Å². The summed E-state index contributed by atoms with van der Waals surface area (Å²) in [7, 11) is 1.88. The number of aryl methyl sites for hydroxylation is 2. The van der Waals surface area contributed by atoms with Crippen molar-refractivity contribution in [2.45, 2.75) is 13.5 Å². The summed E-state index contributed by atoms with van der Waals surface area (Å²) < 4.78 is 1.77. The Bertz CT molecular complexity index is 515. The van der Waals surface area contributed by atoms with Gasteiger partial charge in [0.15, 0.2) is 0 Å². The Morgan fingerprint density at radius 2 is 2.24 bits per heavy atom. The predicted octanol–water partition coefficient (Wildman–Crippen LogP) is 1.37. The lowest BCUT2D eigenvalue weighted by molar-refractivity contribution is 0.756. The number of hydrogen-bond donors (Lipinski definition) is 2. The molecular weight excluding hydrogens is 240 g/mol. The SMILES string of the molecule is Cc1nn(C)cc1CNc1cc(Cl)nc(N)n1. The van der Waals surface area contributed by atoms with Crippen LogP contribution in [0.15, 0.2) is 12.3 Å². The highest BCUT2D eigenvalue weighted by Crippen LogP contribution is 2.14. The summed E-state index contributed by atoms with van der Waals surface area (Å²) in [6.07, 6.45) is 1.95. The topological polar surface area (TPSA) is 81.7 Å². The van der Waals surface area contributed by atoms with Crippen molar-refractivity contribution in [1.29, 1.82) is 0 Å². The molecule has 0 bridgehead atoms. The molecule has 7 heteroatoms. The molecule has 0 saturated heterocycles. The highest BCUT2D eigenvalue weighted by atomic mass is 35.5. The summed E-state index contributed by atoms with van der Waals surface area (Å²) in [5.74, 6) is 0.758. The summed E-state index contributed by atoms with van der Waals surface area (Å²) in [4.78, 5) is 7.82. The average Bonchev–Trinajstić information content (AvgIpc) is 2.53. The maximum absolute atomic E-state index is 5.78. The highest BCUT2D eigenvalue weighted by Gasteiger charge is 2.04. The van der Waals surface area contributed by atoms with Crippen molar-refractivity contribution < 1.29 is 0 Å². The van der Waals surface area contributed by atoms with Crippen LogP contribution in [0.4, 0.5) is 11.8 Å². The second-order valence-corrected chi connectivity index (χ2v) is 4.09. The quantitative estimate of drug-likeness (QED) is 0.807. The molecule has 0 aliphatic rings. The first-order valence-corrected chi connectivity index (χ1v) is 5.45. The van der Waals surface area contributed by atoms with Crippen LogP contribution in [-0.2, 0) is 13.6 Å². The fourth-order valence-corrected chi connectivity index (χ4v) is 1.72. The van der Waals surface area contributed by atoms with Gasteiger partial charge in [-0.3, -0.25) is 4.68 Å². The summed E-state index contributed by atoms with van der Waals surface area (Å²) >= 11 is 5.78. The molecule has 0 spiro atoms. The van der Waals surface area contributed by atoms with Gasteiger partial charge >= 0.3 is 0 Å². The molecule has 2 aromatic heterocycles. The highest BCUT2D eigenvalue weighted by molar-refractivity contribution is 6.29. The normalized spacial score (nSPS) is 10.5. The number of rotatable bonds is 3. The molecule has 3 N–H and O–H groups in total. The van der Waals surface area contributed by atoms with E-state index in [0.29, 0.717) is 17.5 Å². The van der Waals surface area contributed by atoms with Crippen LogP contribution in [-0.4, -0.2) is 19.7 Å². The molecule has 2 aromatic rings. The van der Waals surface area contributed by atoms with Gasteiger partial charge in [-0.05, 0) is 6.92 Å². The van der Waals surface area contributed by atoms with Gasteiger partial charge in [-0.15, -0.1) is 0 Å². The van der Waals surface area contributed by atoms with E-state index in [1.165, 1.54) is 0 Å². The van der Waals surface area contributed by atoms with Gasteiger partial charge in [-0.2, -0.15) is 10.1 Å². The second kappa shape index (κ2) is 4.58. The number of nitrogens with two attached hydrogens (primary N) is 1. The van der Waals surface area contributed by atoms with Crippen LogP contribution in [0.1, 0.15) is 11.3 Å². The zero-order chi connectivity index (χ0) is 12.4. The van der Waals surface area contributed by atoms with E-state index in [-0.39, 0.29) is 5.95 Å². The molecule has 0 amide bonds. The predicted molar refractivity (Wildman–Crippen MR) is 66.7 cm³/mol. The van der Waals surface area contributed by atoms with Gasteiger partial charge in [0.05, 0.1) is 5.69 Å². The standard InChI is InChI=1S/C10H13ClN6/c1-6-7(5-17(2)16-6)4-13-9-3-8(11)14-10(12)15-9/h3,5H,4H2,1-2H3,(H3,12,13,14,15). The number of halogens is 1. The molecule has 0 aliphatic heterocycles. The maximum atomic E-state index is 5.78. The van der Waals surface area contributed by atoms with E-state index in [9.17, 15) is 0 Å². The number of anilines is 2. The molecule has 0 radical (unpaired) electrons. The second-order valence-electron chi connectivity index (χ2n) is 3.70. The minimum absolute atomic E-state index is 0.155. The average molecular weight is 253 g/mol. The van der Waals surface area contributed by atoms with Gasteiger partial charge in [0.25, 0.3) is 0 Å². The van der Waals surface area contributed by atoms with Gasteiger partial charge in [-0.1, -0.05) is 11.6 Å². The Balaban J connectivity index is 2.09. The molecular formula is C10H13ClN6. The van der Waals surface area contributed by atoms with E-state index < -0.39 is 0 Å². The smallest absolute Gasteiger partial charge is 0.223 e. The van der Waals surface area contributed by atoms with Crippen molar-refractivity contribution in [2.24, 2.45) is 7.05 Å². The third-order valence-electron chi connectivity index (χ3n) is 2.29. The van der Waals surface area contributed by atoms with Gasteiger partial charge < -0.3 is 11.1 Å². The molecule has 90 valence electrons. The van der Waals surface area contributed by atoms with Crippen LogP contribution in [0.3, 0.4) is 0 Å². The van der Waals surface area contributed by atoms with Crippen LogP contribution >= 0.6 is 11.6 Å². The number of nitrogens with one attached hydrogen (secondary N) is 1. The lowest BCUT2D eigenvalue weighted by Crippen LogP contribution is -2.04. The van der Waals surface area contributed by atoms with E-state index >= 15 is 0 Å². The third kappa shape index (κ3) is 2.85. The van der Waals surface area contributed by atoms with Gasteiger partial charge in [-0.25, -0.2) is 4.98 Å². The van der Waals surface area contributed by atoms with Crippen LogP contribution in [0.5, 0.6) is 0 Å². The molecule has 2 rings (SSSR count). The number of aromatic nitrogens is 4. The Labute approximate surface area is 104 Å². The summed E-state index contributed by atoms with van der Waals surface area (Å²) in [5.41, 5.74) is 7.58. The Morgan fingerprint density at radius 3 is 2.82 bits per heavy atom. The largest absolute Gasteiger partial charge is 0.368 e. The van der Waals surface area contributed by atoms with Crippen molar-refractivity contribution in [2.75, 3.05) is 11.1 Å². The fraction of sp³-hybridized carbons (Fsp3) is 0.300. The number of hydrogen-bond acceptors (Lipinski definition) is 5. The van der Waals surface area contributed by atoms with E-state index in [1.54, 1.807) is 10.7 Å². The maximum Gasteiger partial charge on any atom is 0.223 e. The van der Waals surface area contributed by atoms with Crippen LogP contribution < -0.4 is 11.1 Å². The van der Waals surface area contributed by atoms with Gasteiger partial charge in [0.1, 0.15) is 11.0 Å². The molecule has 0 aliphatic carbocycles. The first-order valence-electron chi connectivity index (χ1n) is 5.07. The molecule has 0 unspecified atom stereocenters. The Kier molecular flexibility index (Phi) is 3.14. The summed E-state index contributed by atoms with van der Waals surface area (Å²) in [5, 5.41) is 7.70. The van der Waals surface area contributed by atoms with Gasteiger partial charge in [0.2, 0.25) is 5.95 Å². The summed E-state index contributed by atoms with van der Waals surface area (Å²) in [6, 6.07) is 1.63. The first-order chi connectivity index (χ1) is 8.04. The molecule has 6 nitrogen and oxygen atoms in total. The molecule has 0 aromatic carbocycles. The lowest BCUT2D eigenvalue weighted by atomic mass is 10.2. The molecule has 0 fully saturated rings. The molecule has 17 heavy (non-hydrogen) atoms. The van der Waals surface area contributed by atoms with Crippen LogP contribution in [0.2, 0.25) is 5.15 Å². The monoisotopic (exact) mass is 252 g/mol. The Hall–Kier alpha value is -1.82. The van der Waals surface area contributed by atoms with Crippen LogP contribution in [0, 0.1) is 6.92 Å². The van der Waals surface area contributed by atoms with Crippen molar-refractivity contribution in [3.05, 3.63) is 28.7 Å². The van der Waals surface area contributed by atoms with Crippen molar-refractivity contribution in [3.63, 3.8) is 0 Å². The van der Waals surface area contributed by atoms with Crippen LogP contribution in [0.25, 0.3) is 0 Å².